The fourth-order valence-corrected chi connectivity index (χ4v) is 3.87. The van der Waals surface area contributed by atoms with Gasteiger partial charge < -0.3 is 9.64 Å². The van der Waals surface area contributed by atoms with E-state index in [9.17, 15) is 0 Å². The molecule has 122 valence electrons. The predicted molar refractivity (Wildman–Crippen MR) is 90.6 cm³/mol. The van der Waals surface area contributed by atoms with Gasteiger partial charge >= 0.3 is 0 Å². The standard InChI is InChI=1S/C16H26N4OS/c1-2-22-16-11-17-10-15(18-16)20-5-3-4-14(13-20)12-19-6-8-21-9-7-19/h10-11,14H,2-9,12-13H2,1H3. The summed E-state index contributed by atoms with van der Waals surface area (Å²) < 4.78 is 5.44. The highest BCUT2D eigenvalue weighted by molar-refractivity contribution is 7.99. The minimum atomic E-state index is 0.733. The smallest absolute Gasteiger partial charge is 0.148 e. The van der Waals surface area contributed by atoms with Gasteiger partial charge in [0.25, 0.3) is 0 Å². The Hall–Kier alpha value is -0.850. The first-order valence-electron chi connectivity index (χ1n) is 8.35. The summed E-state index contributed by atoms with van der Waals surface area (Å²) in [5.41, 5.74) is 0. The molecule has 6 heteroatoms. The van der Waals surface area contributed by atoms with Gasteiger partial charge in [0, 0.05) is 32.7 Å². The van der Waals surface area contributed by atoms with Crippen molar-refractivity contribution in [2.45, 2.75) is 24.8 Å². The van der Waals surface area contributed by atoms with Crippen LogP contribution in [0.1, 0.15) is 19.8 Å². The molecule has 0 amide bonds. The molecule has 1 unspecified atom stereocenters. The van der Waals surface area contributed by atoms with Gasteiger partial charge in [-0.3, -0.25) is 9.88 Å². The number of hydrogen-bond donors (Lipinski definition) is 0. The van der Waals surface area contributed by atoms with Crippen LogP contribution in [0.4, 0.5) is 5.82 Å². The number of rotatable bonds is 5. The van der Waals surface area contributed by atoms with Gasteiger partial charge in [-0.15, -0.1) is 11.8 Å². The first kappa shape index (κ1) is 16.0. The summed E-state index contributed by atoms with van der Waals surface area (Å²) >= 11 is 1.76. The fourth-order valence-electron chi connectivity index (χ4n) is 3.28. The molecule has 2 aliphatic heterocycles. The third-order valence-corrected chi connectivity index (χ3v) is 5.14. The highest BCUT2D eigenvalue weighted by Gasteiger charge is 2.24. The summed E-state index contributed by atoms with van der Waals surface area (Å²) in [5.74, 6) is 2.82. The molecular formula is C16H26N4OS. The minimum Gasteiger partial charge on any atom is -0.379 e. The van der Waals surface area contributed by atoms with Crippen LogP contribution >= 0.6 is 11.8 Å². The van der Waals surface area contributed by atoms with Crippen molar-refractivity contribution in [3.05, 3.63) is 12.4 Å². The van der Waals surface area contributed by atoms with Crippen molar-refractivity contribution in [3.63, 3.8) is 0 Å². The molecule has 0 radical (unpaired) electrons. The van der Waals surface area contributed by atoms with E-state index in [-0.39, 0.29) is 0 Å². The first-order chi connectivity index (χ1) is 10.8. The highest BCUT2D eigenvalue weighted by atomic mass is 32.2. The molecular weight excluding hydrogens is 296 g/mol. The van der Waals surface area contributed by atoms with Crippen LogP contribution in [-0.4, -0.2) is 66.6 Å². The van der Waals surface area contributed by atoms with Crippen molar-refractivity contribution < 1.29 is 4.74 Å². The van der Waals surface area contributed by atoms with E-state index in [0.29, 0.717) is 0 Å². The quantitative estimate of drug-likeness (QED) is 0.774. The number of hydrogen-bond acceptors (Lipinski definition) is 6. The molecule has 3 rings (SSSR count). The monoisotopic (exact) mass is 322 g/mol. The molecule has 1 atom stereocenters. The zero-order valence-electron chi connectivity index (χ0n) is 13.4. The lowest BCUT2D eigenvalue weighted by Crippen LogP contribution is -2.44. The Morgan fingerprint density at radius 2 is 2.14 bits per heavy atom. The Morgan fingerprint density at radius 3 is 2.95 bits per heavy atom. The van der Waals surface area contributed by atoms with Crippen LogP contribution in [0.25, 0.3) is 0 Å². The van der Waals surface area contributed by atoms with E-state index in [1.54, 1.807) is 11.8 Å². The second-order valence-corrected chi connectivity index (χ2v) is 7.30. The fraction of sp³-hybridized carbons (Fsp3) is 0.750. The van der Waals surface area contributed by atoms with Crippen molar-refractivity contribution >= 4 is 17.6 Å². The highest BCUT2D eigenvalue weighted by Crippen LogP contribution is 2.24. The Balaban J connectivity index is 1.58. The molecule has 0 saturated carbocycles. The molecule has 0 spiro atoms. The first-order valence-corrected chi connectivity index (χ1v) is 9.33. The normalized spacial score (nSPS) is 23.7. The summed E-state index contributed by atoms with van der Waals surface area (Å²) in [6.07, 6.45) is 6.36. The van der Waals surface area contributed by atoms with Crippen LogP contribution in [0.2, 0.25) is 0 Å². The Kier molecular flexibility index (Phi) is 5.92. The molecule has 22 heavy (non-hydrogen) atoms. The van der Waals surface area contributed by atoms with Crippen molar-refractivity contribution in [1.29, 1.82) is 0 Å². The van der Waals surface area contributed by atoms with Gasteiger partial charge in [-0.1, -0.05) is 6.92 Å². The second-order valence-electron chi connectivity index (χ2n) is 6.02. The zero-order chi connectivity index (χ0) is 15.2. The van der Waals surface area contributed by atoms with Gasteiger partial charge in [0.1, 0.15) is 10.8 Å². The van der Waals surface area contributed by atoms with Gasteiger partial charge in [0.15, 0.2) is 0 Å². The Morgan fingerprint density at radius 1 is 1.27 bits per heavy atom. The largest absolute Gasteiger partial charge is 0.379 e. The van der Waals surface area contributed by atoms with Gasteiger partial charge in [-0.2, -0.15) is 0 Å². The molecule has 2 aliphatic rings. The number of ether oxygens (including phenoxy) is 1. The Bertz CT molecular complexity index is 467. The molecule has 0 aliphatic carbocycles. The van der Waals surface area contributed by atoms with E-state index in [1.807, 2.05) is 12.4 Å². The average Bonchev–Trinajstić information content (AvgIpc) is 2.57. The maximum absolute atomic E-state index is 5.44. The van der Waals surface area contributed by atoms with Crippen LogP contribution < -0.4 is 4.90 Å². The second kappa shape index (κ2) is 8.13. The van der Waals surface area contributed by atoms with Crippen molar-refractivity contribution in [1.82, 2.24) is 14.9 Å². The molecule has 2 fully saturated rings. The van der Waals surface area contributed by atoms with Crippen LogP contribution in [0.3, 0.4) is 0 Å². The maximum atomic E-state index is 5.44. The van der Waals surface area contributed by atoms with E-state index < -0.39 is 0 Å². The molecule has 0 N–H and O–H groups in total. The van der Waals surface area contributed by atoms with Gasteiger partial charge in [-0.05, 0) is 24.5 Å². The topological polar surface area (TPSA) is 41.5 Å². The summed E-state index contributed by atoms with van der Waals surface area (Å²) in [7, 11) is 0. The molecule has 5 nitrogen and oxygen atoms in total. The zero-order valence-corrected chi connectivity index (χ0v) is 14.2. The van der Waals surface area contributed by atoms with Crippen molar-refractivity contribution in [3.8, 4) is 0 Å². The molecule has 0 aromatic carbocycles. The maximum Gasteiger partial charge on any atom is 0.148 e. The number of aromatic nitrogens is 2. The third-order valence-electron chi connectivity index (χ3n) is 4.36. The predicted octanol–water partition coefficient (Wildman–Crippen LogP) is 2.14. The lowest BCUT2D eigenvalue weighted by Gasteiger charge is -2.37. The number of nitrogens with zero attached hydrogens (tertiary/aromatic N) is 4. The van der Waals surface area contributed by atoms with Crippen LogP contribution in [0, 0.1) is 5.92 Å². The van der Waals surface area contributed by atoms with E-state index in [2.05, 4.69) is 21.7 Å². The van der Waals surface area contributed by atoms with Gasteiger partial charge in [0.2, 0.25) is 0 Å². The Labute approximate surface area is 137 Å². The van der Waals surface area contributed by atoms with E-state index >= 15 is 0 Å². The van der Waals surface area contributed by atoms with Crippen LogP contribution in [0.15, 0.2) is 17.4 Å². The number of anilines is 1. The third kappa shape index (κ3) is 4.33. The number of morpholine rings is 1. The van der Waals surface area contributed by atoms with Crippen LogP contribution in [-0.2, 0) is 4.74 Å². The average molecular weight is 322 g/mol. The molecule has 2 saturated heterocycles. The minimum absolute atomic E-state index is 0.733. The lowest BCUT2D eigenvalue weighted by molar-refractivity contribution is 0.0296. The van der Waals surface area contributed by atoms with Crippen LogP contribution in [0.5, 0.6) is 0 Å². The van der Waals surface area contributed by atoms with Gasteiger partial charge in [0.05, 0.1) is 25.6 Å². The molecule has 0 bridgehead atoms. The lowest BCUT2D eigenvalue weighted by atomic mass is 9.97. The number of thioether (sulfide) groups is 1. The molecule has 1 aromatic heterocycles. The van der Waals surface area contributed by atoms with Crippen molar-refractivity contribution in [2.75, 3.05) is 56.6 Å². The van der Waals surface area contributed by atoms with Gasteiger partial charge in [-0.25, -0.2) is 4.98 Å². The number of piperidine rings is 1. The SMILES string of the molecule is CCSc1cncc(N2CCCC(CN3CCOCC3)C2)n1. The van der Waals surface area contributed by atoms with E-state index in [4.69, 9.17) is 9.72 Å². The summed E-state index contributed by atoms with van der Waals surface area (Å²) in [4.78, 5) is 14.1. The van der Waals surface area contributed by atoms with Crippen molar-refractivity contribution in [2.24, 2.45) is 5.92 Å². The summed E-state index contributed by atoms with van der Waals surface area (Å²) in [5, 5.41) is 1.04. The molecule has 1 aromatic rings. The van der Waals surface area contributed by atoms with E-state index in [1.165, 1.54) is 19.4 Å². The van der Waals surface area contributed by atoms with E-state index in [0.717, 1.165) is 61.9 Å². The molecule has 3 heterocycles. The summed E-state index contributed by atoms with van der Waals surface area (Å²) in [6, 6.07) is 0. The summed E-state index contributed by atoms with van der Waals surface area (Å²) in [6.45, 7) is 9.49.